The van der Waals surface area contributed by atoms with Crippen molar-refractivity contribution in [2.45, 2.75) is 12.8 Å². The zero-order valence-electron chi connectivity index (χ0n) is 12.7. The molecule has 0 aliphatic carbocycles. The van der Waals surface area contributed by atoms with Gasteiger partial charge in [0, 0.05) is 31.8 Å². The molecule has 2 rings (SSSR count). The maximum Gasteiger partial charge on any atom is 0.414 e. The summed E-state index contributed by atoms with van der Waals surface area (Å²) in [6.45, 7) is 0. The van der Waals surface area contributed by atoms with E-state index in [-0.39, 0.29) is 0 Å². The first-order chi connectivity index (χ1) is 10.6. The van der Waals surface area contributed by atoms with Gasteiger partial charge in [-0.3, -0.25) is 4.98 Å². The van der Waals surface area contributed by atoms with Crippen LogP contribution in [0.15, 0.2) is 42.5 Å². The number of amides is 1. The first kappa shape index (κ1) is 15.7. The van der Waals surface area contributed by atoms with Crippen molar-refractivity contribution in [3.63, 3.8) is 0 Å². The molecule has 22 heavy (non-hydrogen) atoms. The summed E-state index contributed by atoms with van der Waals surface area (Å²) in [5.41, 5.74) is 2.64. The Labute approximate surface area is 129 Å². The van der Waals surface area contributed by atoms with Gasteiger partial charge in [0.05, 0.1) is 5.69 Å². The van der Waals surface area contributed by atoms with E-state index < -0.39 is 6.09 Å². The molecule has 5 nitrogen and oxygen atoms in total. The highest BCUT2D eigenvalue weighted by Crippen LogP contribution is 2.21. The summed E-state index contributed by atoms with van der Waals surface area (Å²) >= 11 is 0. The number of aromatic nitrogens is 1. The van der Waals surface area contributed by atoms with Crippen LogP contribution in [0.1, 0.15) is 12.1 Å². The second-order valence-electron chi connectivity index (χ2n) is 5.01. The van der Waals surface area contributed by atoms with E-state index in [0.717, 1.165) is 23.2 Å². The molecule has 0 fully saturated rings. The van der Waals surface area contributed by atoms with E-state index in [1.165, 1.54) is 4.90 Å². The summed E-state index contributed by atoms with van der Waals surface area (Å²) in [6.07, 6.45) is 1.58. The van der Waals surface area contributed by atoms with E-state index in [0.29, 0.717) is 18.6 Å². The Balaban J connectivity index is 2.13. The Bertz CT molecular complexity index is 651. The van der Waals surface area contributed by atoms with E-state index in [2.05, 4.69) is 4.98 Å². The van der Waals surface area contributed by atoms with Crippen LogP contribution in [0.2, 0.25) is 0 Å². The fourth-order valence-electron chi connectivity index (χ4n) is 1.87. The number of rotatable bonds is 5. The second-order valence-corrected chi connectivity index (χ2v) is 5.01. The average Bonchev–Trinajstić information content (AvgIpc) is 2.53. The zero-order chi connectivity index (χ0) is 15.9. The lowest BCUT2D eigenvalue weighted by atomic mass is 10.1. The standard InChI is InChI=1S/C17H18N2O3/c1-19(2)17(21)22-15-10-8-13(9-11-15)16-7-3-5-14(18-16)6-4-12-20/h3,5,7-12H,4,6H2,1-2H3. The van der Waals surface area contributed by atoms with Gasteiger partial charge >= 0.3 is 6.09 Å². The third-order valence-corrected chi connectivity index (χ3v) is 3.05. The summed E-state index contributed by atoms with van der Waals surface area (Å²) < 4.78 is 5.17. The molecule has 0 N–H and O–H groups in total. The van der Waals surface area contributed by atoms with Crippen molar-refractivity contribution in [3.8, 4) is 17.0 Å². The SMILES string of the molecule is CN(C)C(=O)Oc1ccc(-c2cccc(CCC=O)n2)cc1. The lowest BCUT2D eigenvalue weighted by Crippen LogP contribution is -2.25. The van der Waals surface area contributed by atoms with Gasteiger partial charge < -0.3 is 14.4 Å². The third kappa shape index (κ3) is 4.15. The van der Waals surface area contributed by atoms with Gasteiger partial charge in [-0.2, -0.15) is 0 Å². The molecule has 0 saturated carbocycles. The molecule has 114 valence electrons. The molecule has 0 atom stereocenters. The fraction of sp³-hybridized carbons (Fsp3) is 0.235. The van der Waals surface area contributed by atoms with Crippen LogP contribution in [0, 0.1) is 0 Å². The predicted molar refractivity (Wildman–Crippen MR) is 83.8 cm³/mol. The van der Waals surface area contributed by atoms with E-state index in [1.807, 2.05) is 30.3 Å². The number of carbonyl (C=O) groups excluding carboxylic acids is 2. The Morgan fingerprint density at radius 3 is 2.55 bits per heavy atom. The number of hydrogen-bond donors (Lipinski definition) is 0. The fourth-order valence-corrected chi connectivity index (χ4v) is 1.87. The second kappa shape index (κ2) is 7.36. The van der Waals surface area contributed by atoms with Crippen molar-refractivity contribution < 1.29 is 14.3 Å². The first-order valence-electron chi connectivity index (χ1n) is 6.99. The summed E-state index contributed by atoms with van der Waals surface area (Å²) in [5.74, 6) is 0.486. The Morgan fingerprint density at radius 2 is 1.91 bits per heavy atom. The lowest BCUT2D eigenvalue weighted by Gasteiger charge is -2.11. The molecule has 0 saturated heterocycles. The van der Waals surface area contributed by atoms with Gasteiger partial charge in [-0.25, -0.2) is 4.79 Å². The topological polar surface area (TPSA) is 59.5 Å². The first-order valence-corrected chi connectivity index (χ1v) is 6.99. The van der Waals surface area contributed by atoms with Gasteiger partial charge in [-0.1, -0.05) is 6.07 Å². The lowest BCUT2D eigenvalue weighted by molar-refractivity contribution is -0.107. The van der Waals surface area contributed by atoms with Gasteiger partial charge in [-0.05, 0) is 42.8 Å². The van der Waals surface area contributed by atoms with Gasteiger partial charge in [0.15, 0.2) is 0 Å². The summed E-state index contributed by atoms with van der Waals surface area (Å²) in [7, 11) is 3.26. The summed E-state index contributed by atoms with van der Waals surface area (Å²) in [5, 5.41) is 0. The third-order valence-electron chi connectivity index (χ3n) is 3.05. The highest BCUT2D eigenvalue weighted by molar-refractivity contribution is 5.70. The average molecular weight is 298 g/mol. The molecule has 1 aromatic carbocycles. The van der Waals surface area contributed by atoms with Gasteiger partial charge in [0.25, 0.3) is 0 Å². The molecule has 0 spiro atoms. The van der Waals surface area contributed by atoms with Crippen LogP contribution in [-0.4, -0.2) is 36.4 Å². The number of benzene rings is 1. The normalized spacial score (nSPS) is 10.1. The number of pyridine rings is 1. The molecule has 1 amide bonds. The quantitative estimate of drug-likeness (QED) is 0.796. The largest absolute Gasteiger partial charge is 0.414 e. The van der Waals surface area contributed by atoms with E-state index in [1.54, 1.807) is 26.2 Å². The molecule has 0 unspecified atom stereocenters. The number of aryl methyl sites for hydroxylation is 1. The molecule has 1 aromatic heterocycles. The zero-order valence-corrected chi connectivity index (χ0v) is 12.7. The van der Waals surface area contributed by atoms with E-state index in [9.17, 15) is 9.59 Å². The highest BCUT2D eigenvalue weighted by Gasteiger charge is 2.07. The van der Waals surface area contributed by atoms with Crippen molar-refractivity contribution >= 4 is 12.4 Å². The van der Waals surface area contributed by atoms with E-state index in [4.69, 9.17) is 4.74 Å². The molecule has 1 heterocycles. The number of nitrogens with zero attached hydrogens (tertiary/aromatic N) is 2. The number of ether oxygens (including phenoxy) is 1. The van der Waals surface area contributed by atoms with Crippen molar-refractivity contribution in [1.29, 1.82) is 0 Å². The minimum Gasteiger partial charge on any atom is -0.410 e. The number of carbonyl (C=O) groups is 2. The summed E-state index contributed by atoms with van der Waals surface area (Å²) in [4.78, 5) is 27.8. The minimum atomic E-state index is -0.415. The van der Waals surface area contributed by atoms with Crippen LogP contribution in [0.25, 0.3) is 11.3 Å². The number of hydrogen-bond acceptors (Lipinski definition) is 4. The molecular weight excluding hydrogens is 280 g/mol. The van der Waals surface area contributed by atoms with Gasteiger partial charge in [-0.15, -0.1) is 0 Å². The van der Waals surface area contributed by atoms with Crippen molar-refractivity contribution in [1.82, 2.24) is 9.88 Å². The molecule has 0 aliphatic heterocycles. The van der Waals surface area contributed by atoms with Crippen molar-refractivity contribution in [3.05, 3.63) is 48.2 Å². The van der Waals surface area contributed by atoms with Gasteiger partial charge in [0.1, 0.15) is 12.0 Å². The Hall–Kier alpha value is -2.69. The highest BCUT2D eigenvalue weighted by atomic mass is 16.6. The smallest absolute Gasteiger partial charge is 0.410 e. The van der Waals surface area contributed by atoms with Crippen LogP contribution in [0.4, 0.5) is 4.79 Å². The van der Waals surface area contributed by atoms with Crippen LogP contribution in [0.3, 0.4) is 0 Å². The van der Waals surface area contributed by atoms with Crippen LogP contribution in [-0.2, 0) is 11.2 Å². The molecule has 0 bridgehead atoms. The Kier molecular flexibility index (Phi) is 5.25. The molecule has 0 radical (unpaired) electrons. The van der Waals surface area contributed by atoms with Crippen molar-refractivity contribution in [2.75, 3.05) is 14.1 Å². The monoisotopic (exact) mass is 298 g/mol. The maximum absolute atomic E-state index is 11.5. The van der Waals surface area contributed by atoms with Crippen LogP contribution < -0.4 is 4.74 Å². The van der Waals surface area contributed by atoms with Crippen LogP contribution in [0.5, 0.6) is 5.75 Å². The molecule has 5 heteroatoms. The number of aldehydes is 1. The van der Waals surface area contributed by atoms with E-state index >= 15 is 0 Å². The predicted octanol–water partition coefficient (Wildman–Crippen LogP) is 2.94. The maximum atomic E-state index is 11.5. The van der Waals surface area contributed by atoms with Crippen LogP contribution >= 0.6 is 0 Å². The molecule has 0 aliphatic rings. The van der Waals surface area contributed by atoms with Gasteiger partial charge in [0.2, 0.25) is 0 Å². The molecule has 2 aromatic rings. The Morgan fingerprint density at radius 1 is 1.18 bits per heavy atom. The minimum absolute atomic E-state index is 0.415. The summed E-state index contributed by atoms with van der Waals surface area (Å²) in [6, 6.07) is 12.9. The van der Waals surface area contributed by atoms with Crippen molar-refractivity contribution in [2.24, 2.45) is 0 Å². The molecular formula is C17H18N2O3.